The summed E-state index contributed by atoms with van der Waals surface area (Å²) in [5.41, 5.74) is 4.44. The van der Waals surface area contributed by atoms with Crippen LogP contribution in [0.15, 0.2) is 61.1 Å². The molecule has 3 N–H and O–H groups in total. The summed E-state index contributed by atoms with van der Waals surface area (Å²) in [6.07, 6.45) is 6.21. The zero-order valence-corrected chi connectivity index (χ0v) is 19.7. The minimum absolute atomic E-state index is 0.0750. The molecule has 10 heteroatoms. The number of ether oxygens (including phenoxy) is 1. The van der Waals surface area contributed by atoms with Crippen molar-refractivity contribution in [3.05, 3.63) is 72.2 Å². The number of aromatic nitrogens is 3. The van der Waals surface area contributed by atoms with Crippen LogP contribution in [0.25, 0.3) is 16.9 Å². The Labute approximate surface area is 206 Å². The summed E-state index contributed by atoms with van der Waals surface area (Å²) < 4.78 is 31.2. The lowest BCUT2D eigenvalue weighted by molar-refractivity contribution is -0.0498. The van der Waals surface area contributed by atoms with E-state index in [1.54, 1.807) is 36.8 Å². The van der Waals surface area contributed by atoms with Gasteiger partial charge in [-0.2, -0.15) is 8.78 Å². The van der Waals surface area contributed by atoms with Crippen molar-refractivity contribution in [1.82, 2.24) is 25.0 Å². The first-order valence-corrected chi connectivity index (χ1v) is 11.7. The van der Waals surface area contributed by atoms with Gasteiger partial charge in [-0.1, -0.05) is 0 Å². The third kappa shape index (κ3) is 5.13. The summed E-state index contributed by atoms with van der Waals surface area (Å²) >= 11 is 0. The Morgan fingerprint density at radius 2 is 2.06 bits per heavy atom. The molecular weight excluding hydrogens is 466 g/mol. The van der Waals surface area contributed by atoms with Crippen molar-refractivity contribution in [1.29, 1.82) is 0 Å². The van der Waals surface area contributed by atoms with Crippen LogP contribution < -0.4 is 20.7 Å². The molecular formula is C26H26F2N6O2. The van der Waals surface area contributed by atoms with Gasteiger partial charge in [-0.15, -0.1) is 0 Å². The van der Waals surface area contributed by atoms with Crippen LogP contribution in [0, 0.1) is 12.8 Å². The summed E-state index contributed by atoms with van der Waals surface area (Å²) in [5, 5.41) is 9.63. The minimum Gasteiger partial charge on any atom is -0.435 e. The monoisotopic (exact) mass is 492 g/mol. The fraction of sp³-hybridized carbons (Fsp3) is 0.269. The molecule has 2 aromatic carbocycles. The molecule has 5 rings (SSSR count). The maximum atomic E-state index is 12.7. The van der Waals surface area contributed by atoms with Crippen LogP contribution in [0.5, 0.6) is 5.75 Å². The topological polar surface area (TPSA) is 92.6 Å². The predicted octanol–water partition coefficient (Wildman–Crippen LogP) is 4.39. The zero-order valence-electron chi connectivity index (χ0n) is 19.7. The van der Waals surface area contributed by atoms with Crippen LogP contribution in [0.2, 0.25) is 0 Å². The van der Waals surface area contributed by atoms with Gasteiger partial charge in [-0.3, -0.25) is 9.20 Å². The molecule has 0 saturated carbocycles. The Bertz CT molecular complexity index is 1370. The fourth-order valence-electron chi connectivity index (χ4n) is 4.38. The minimum atomic E-state index is -2.87. The second-order valence-electron chi connectivity index (χ2n) is 8.74. The molecule has 8 nitrogen and oxygen atoms in total. The second-order valence-corrected chi connectivity index (χ2v) is 8.74. The highest BCUT2D eigenvalue weighted by Crippen LogP contribution is 2.27. The van der Waals surface area contributed by atoms with Crippen molar-refractivity contribution in [2.24, 2.45) is 5.92 Å². The van der Waals surface area contributed by atoms with Crippen LogP contribution in [-0.2, 0) is 0 Å². The summed E-state index contributed by atoms with van der Waals surface area (Å²) in [4.78, 5) is 21.6. The van der Waals surface area contributed by atoms with Gasteiger partial charge in [0.25, 0.3) is 5.91 Å². The third-order valence-corrected chi connectivity index (χ3v) is 6.25. The van der Waals surface area contributed by atoms with Crippen LogP contribution >= 0.6 is 0 Å². The number of hydrogen-bond donors (Lipinski definition) is 3. The van der Waals surface area contributed by atoms with Gasteiger partial charge in [-0.25, -0.2) is 9.97 Å². The average Bonchev–Trinajstić information content (AvgIpc) is 3.54. The van der Waals surface area contributed by atoms with Crippen molar-refractivity contribution in [3.63, 3.8) is 0 Å². The van der Waals surface area contributed by atoms with E-state index in [2.05, 4.69) is 30.7 Å². The normalized spacial score (nSPS) is 15.4. The average molecular weight is 493 g/mol. The molecule has 1 aliphatic rings. The summed E-state index contributed by atoms with van der Waals surface area (Å²) in [6.45, 7) is 1.64. The summed E-state index contributed by atoms with van der Waals surface area (Å²) in [5.74, 6) is 1.04. The number of fused-ring (bicyclic) bond motifs is 1. The highest BCUT2D eigenvalue weighted by atomic mass is 19.3. The molecule has 0 bridgehead atoms. The van der Waals surface area contributed by atoms with Crippen molar-refractivity contribution < 1.29 is 18.3 Å². The van der Waals surface area contributed by atoms with Crippen LogP contribution in [0.3, 0.4) is 0 Å². The molecule has 1 amide bonds. The molecule has 3 heterocycles. The number of aryl methyl sites for hydroxylation is 1. The first-order chi connectivity index (χ1) is 17.5. The van der Waals surface area contributed by atoms with Crippen molar-refractivity contribution >= 4 is 23.1 Å². The first kappa shape index (κ1) is 23.7. The zero-order chi connectivity index (χ0) is 25.1. The van der Waals surface area contributed by atoms with Gasteiger partial charge in [0.05, 0.1) is 11.9 Å². The highest BCUT2D eigenvalue weighted by molar-refractivity contribution is 5.96. The van der Waals surface area contributed by atoms with E-state index in [9.17, 15) is 13.6 Å². The van der Waals surface area contributed by atoms with Crippen LogP contribution in [0.1, 0.15) is 22.3 Å². The molecule has 0 spiro atoms. The van der Waals surface area contributed by atoms with E-state index in [0.717, 1.165) is 42.0 Å². The lowest BCUT2D eigenvalue weighted by atomic mass is 10.1. The Morgan fingerprint density at radius 3 is 2.78 bits per heavy atom. The van der Waals surface area contributed by atoms with Crippen molar-refractivity contribution in [2.45, 2.75) is 20.0 Å². The van der Waals surface area contributed by atoms with E-state index in [4.69, 9.17) is 0 Å². The molecule has 0 radical (unpaired) electrons. The summed E-state index contributed by atoms with van der Waals surface area (Å²) in [6, 6.07) is 11.9. The number of alkyl halides is 2. The lowest BCUT2D eigenvalue weighted by Crippen LogP contribution is -2.30. The smallest absolute Gasteiger partial charge is 0.387 e. The van der Waals surface area contributed by atoms with Crippen LogP contribution in [0.4, 0.5) is 20.3 Å². The Morgan fingerprint density at radius 1 is 1.22 bits per heavy atom. The van der Waals surface area contributed by atoms with E-state index >= 15 is 0 Å². The molecule has 186 valence electrons. The molecule has 4 aromatic rings. The van der Waals surface area contributed by atoms with Crippen molar-refractivity contribution in [3.8, 4) is 17.0 Å². The van der Waals surface area contributed by atoms with Gasteiger partial charge in [0.1, 0.15) is 5.75 Å². The van der Waals surface area contributed by atoms with Gasteiger partial charge < -0.3 is 20.7 Å². The summed E-state index contributed by atoms with van der Waals surface area (Å²) in [7, 11) is 0. The Balaban J connectivity index is 1.32. The number of rotatable bonds is 8. The number of halogens is 2. The quantitative estimate of drug-likeness (QED) is 0.338. The first-order valence-electron chi connectivity index (χ1n) is 11.7. The number of anilines is 2. The lowest BCUT2D eigenvalue weighted by Gasteiger charge is -2.13. The molecule has 36 heavy (non-hydrogen) atoms. The van der Waals surface area contributed by atoms with E-state index in [1.165, 1.54) is 12.1 Å². The number of carbonyl (C=O) groups excluding carboxylic acids is 1. The number of nitrogens with zero attached hydrogens (tertiary/aromatic N) is 3. The maximum absolute atomic E-state index is 12.7. The predicted molar refractivity (Wildman–Crippen MR) is 133 cm³/mol. The van der Waals surface area contributed by atoms with Crippen LogP contribution in [-0.4, -0.2) is 46.5 Å². The number of benzene rings is 2. The SMILES string of the molecule is Cc1cc(Nc2nccn3c(-c4ccc(OC(F)F)cc4)cnc23)ccc1C(=O)NCC1CCNC1. The number of carbonyl (C=O) groups is 1. The molecule has 2 aromatic heterocycles. The Kier molecular flexibility index (Phi) is 6.77. The molecule has 1 fully saturated rings. The van der Waals surface area contributed by atoms with E-state index in [1.807, 2.05) is 23.5 Å². The number of nitrogens with one attached hydrogen (secondary N) is 3. The van der Waals surface area contributed by atoms with Gasteiger partial charge >= 0.3 is 6.61 Å². The highest BCUT2D eigenvalue weighted by Gasteiger charge is 2.17. The standard InChI is InChI=1S/C26H26F2N6O2/c1-16-12-19(4-7-21(16)25(35)32-14-17-8-9-29-13-17)33-23-24-31-15-22(34(24)11-10-30-23)18-2-5-20(6-3-18)36-26(27)28/h2-7,10-12,15,17,26,29H,8-9,13-14H2,1H3,(H,30,33)(H,32,35). The van der Waals surface area contributed by atoms with Gasteiger partial charge in [0, 0.05) is 35.8 Å². The number of imidazole rings is 1. The van der Waals surface area contributed by atoms with Gasteiger partial charge in [-0.05, 0) is 80.4 Å². The van der Waals surface area contributed by atoms with E-state index in [0.29, 0.717) is 29.5 Å². The Hall–Kier alpha value is -4.05. The second kappa shape index (κ2) is 10.3. The number of hydrogen-bond acceptors (Lipinski definition) is 6. The molecule has 1 unspecified atom stereocenters. The van der Waals surface area contributed by atoms with Gasteiger partial charge in [0.2, 0.25) is 0 Å². The molecule has 0 aliphatic carbocycles. The van der Waals surface area contributed by atoms with Gasteiger partial charge in [0.15, 0.2) is 11.5 Å². The molecule has 1 atom stereocenters. The van der Waals surface area contributed by atoms with E-state index in [-0.39, 0.29) is 11.7 Å². The molecule has 1 aliphatic heterocycles. The number of amides is 1. The van der Waals surface area contributed by atoms with E-state index < -0.39 is 6.61 Å². The fourth-order valence-corrected chi connectivity index (χ4v) is 4.38. The van der Waals surface area contributed by atoms with Crippen molar-refractivity contribution in [2.75, 3.05) is 25.0 Å². The largest absolute Gasteiger partial charge is 0.435 e. The molecule has 1 saturated heterocycles. The maximum Gasteiger partial charge on any atom is 0.387 e. The third-order valence-electron chi connectivity index (χ3n) is 6.25.